The summed E-state index contributed by atoms with van der Waals surface area (Å²) in [5.74, 6) is -2.33. The zero-order valence-electron chi connectivity index (χ0n) is 15.8. The lowest BCUT2D eigenvalue weighted by Gasteiger charge is -2.26. The molecule has 156 valence electrons. The second-order valence-electron chi connectivity index (χ2n) is 7.98. The van der Waals surface area contributed by atoms with E-state index in [1.54, 1.807) is 36.4 Å². The van der Waals surface area contributed by atoms with Gasteiger partial charge in [-0.2, -0.15) is 0 Å². The predicted octanol–water partition coefficient (Wildman–Crippen LogP) is 2.55. The maximum Gasteiger partial charge on any atom is 0.270 e. The van der Waals surface area contributed by atoms with Crippen molar-refractivity contribution in [3.63, 3.8) is 0 Å². The maximum absolute atomic E-state index is 13.3. The Hall–Kier alpha value is -3.30. The average Bonchev–Trinajstić information content (AvgIpc) is 3.49. The minimum absolute atomic E-state index is 0.0633. The number of amides is 2. The summed E-state index contributed by atoms with van der Waals surface area (Å²) in [7, 11) is 0. The van der Waals surface area contributed by atoms with E-state index in [-0.39, 0.29) is 23.4 Å². The van der Waals surface area contributed by atoms with Crippen molar-refractivity contribution in [2.45, 2.75) is 18.3 Å². The molecule has 0 spiro atoms. The minimum atomic E-state index is -0.653. The number of imide groups is 1. The fraction of sp³-hybridized carbons (Fsp3) is 0.286. The van der Waals surface area contributed by atoms with Gasteiger partial charge in [-0.15, -0.1) is 0 Å². The minimum Gasteiger partial charge on any atom is -0.389 e. The van der Waals surface area contributed by atoms with Gasteiger partial charge in [-0.05, 0) is 24.3 Å². The van der Waals surface area contributed by atoms with Crippen LogP contribution >= 0.6 is 11.6 Å². The highest BCUT2D eigenvalue weighted by atomic mass is 35.5. The van der Waals surface area contributed by atoms with Crippen LogP contribution in [0, 0.1) is 27.9 Å². The van der Waals surface area contributed by atoms with Gasteiger partial charge < -0.3 is 9.57 Å². The highest BCUT2D eigenvalue weighted by Gasteiger charge is 2.72. The van der Waals surface area contributed by atoms with Gasteiger partial charge in [-0.25, -0.2) is 4.90 Å². The number of ether oxygens (including phenoxy) is 1. The number of carbonyl (C=O) groups is 2. The maximum atomic E-state index is 13.3. The molecule has 0 aromatic heterocycles. The molecule has 0 radical (unpaired) electrons. The molecule has 4 aliphatic heterocycles. The molecule has 0 unspecified atom stereocenters. The number of anilines is 1. The van der Waals surface area contributed by atoms with Gasteiger partial charge in [0.05, 0.1) is 40.2 Å². The molecule has 6 atom stereocenters. The molecule has 0 N–H and O–H groups in total. The first-order valence-corrected chi connectivity index (χ1v) is 10.1. The number of fused-ring (bicyclic) bond motifs is 8. The number of hydrogen-bond donors (Lipinski definition) is 0. The number of rotatable bonds is 3. The average molecular weight is 440 g/mol. The molecule has 0 aliphatic carbocycles. The summed E-state index contributed by atoms with van der Waals surface area (Å²) < 4.78 is 6.05. The monoisotopic (exact) mass is 439 g/mol. The van der Waals surface area contributed by atoms with E-state index in [2.05, 4.69) is 5.16 Å². The molecule has 31 heavy (non-hydrogen) atoms. The third-order valence-corrected chi connectivity index (χ3v) is 6.73. The Labute approximate surface area is 180 Å². The van der Waals surface area contributed by atoms with Crippen molar-refractivity contribution >= 4 is 40.5 Å². The summed E-state index contributed by atoms with van der Waals surface area (Å²) in [5, 5.41) is 15.8. The van der Waals surface area contributed by atoms with Crippen LogP contribution in [0.2, 0.25) is 5.02 Å². The molecule has 9 nitrogen and oxygen atoms in total. The van der Waals surface area contributed by atoms with Gasteiger partial charge in [0.25, 0.3) is 5.69 Å². The van der Waals surface area contributed by atoms with Crippen LogP contribution in [0.5, 0.6) is 0 Å². The number of nitrogens with zero attached hydrogens (tertiary/aromatic N) is 3. The topological polar surface area (TPSA) is 111 Å². The molecule has 2 aromatic rings. The molecule has 3 saturated heterocycles. The van der Waals surface area contributed by atoms with Gasteiger partial charge >= 0.3 is 0 Å². The SMILES string of the molecule is O=C1[C@@H]2[C@@H]3O[C@H]([C@@H]4C(c5cccc([N+](=O)[O-])c5)=NO[C@H]34)[C@H]2C(=O)N1c1ccc(Cl)cc1. The number of nitro benzene ring substituents is 1. The molecule has 2 amide bonds. The second-order valence-corrected chi connectivity index (χ2v) is 8.42. The lowest BCUT2D eigenvalue weighted by atomic mass is 9.71. The molecule has 0 saturated carbocycles. The highest BCUT2D eigenvalue weighted by molar-refractivity contribution is 6.31. The number of halogens is 1. The molecule has 10 heteroatoms. The smallest absolute Gasteiger partial charge is 0.270 e. The number of nitro groups is 1. The zero-order valence-corrected chi connectivity index (χ0v) is 16.5. The van der Waals surface area contributed by atoms with Crippen LogP contribution in [0.25, 0.3) is 0 Å². The summed E-state index contributed by atoms with van der Waals surface area (Å²) in [4.78, 5) is 43.9. The Kier molecular flexibility index (Phi) is 3.78. The van der Waals surface area contributed by atoms with Crippen LogP contribution in [0.15, 0.2) is 53.7 Å². The standard InChI is InChI=1S/C21H14ClN3O6/c22-10-4-6-11(7-5-10)24-20(26)13-14(21(24)27)18-19-15(17(13)30-18)16(23-31-19)9-2-1-3-12(8-9)25(28)29/h1-8,13-15,17-19H/t13-,14-,15-,17-,18-,19-/m0/s1. The summed E-state index contributed by atoms with van der Waals surface area (Å²) in [6, 6.07) is 12.6. The van der Waals surface area contributed by atoms with Crippen molar-refractivity contribution < 1.29 is 24.1 Å². The van der Waals surface area contributed by atoms with E-state index < -0.39 is 35.1 Å². The van der Waals surface area contributed by atoms with Crippen molar-refractivity contribution in [3.8, 4) is 0 Å². The molecule has 3 fully saturated rings. The molecule has 2 bridgehead atoms. The van der Waals surface area contributed by atoms with Gasteiger partial charge in [0.15, 0.2) is 6.10 Å². The summed E-state index contributed by atoms with van der Waals surface area (Å²) >= 11 is 5.93. The number of hydrogen-bond acceptors (Lipinski definition) is 7. The van der Waals surface area contributed by atoms with Gasteiger partial charge in [0, 0.05) is 22.7 Å². The Morgan fingerprint density at radius 1 is 0.968 bits per heavy atom. The molecule has 2 aromatic carbocycles. The predicted molar refractivity (Wildman–Crippen MR) is 108 cm³/mol. The normalized spacial score (nSPS) is 32.7. The zero-order chi connectivity index (χ0) is 21.4. The lowest BCUT2D eigenvalue weighted by Crippen LogP contribution is -2.45. The highest BCUT2D eigenvalue weighted by Crippen LogP contribution is 2.55. The summed E-state index contributed by atoms with van der Waals surface area (Å²) in [6.45, 7) is 0. The van der Waals surface area contributed by atoms with Crippen molar-refractivity contribution in [2.75, 3.05) is 4.90 Å². The van der Waals surface area contributed by atoms with Crippen LogP contribution < -0.4 is 4.90 Å². The first-order valence-electron chi connectivity index (χ1n) is 9.73. The molecule has 4 heterocycles. The van der Waals surface area contributed by atoms with Gasteiger partial charge in [-0.1, -0.05) is 28.9 Å². The van der Waals surface area contributed by atoms with Gasteiger partial charge in [0.1, 0.15) is 6.10 Å². The van der Waals surface area contributed by atoms with E-state index in [0.717, 1.165) is 0 Å². The van der Waals surface area contributed by atoms with Crippen LogP contribution in [0.1, 0.15) is 5.56 Å². The van der Waals surface area contributed by atoms with Crippen LogP contribution in [-0.4, -0.2) is 40.8 Å². The van der Waals surface area contributed by atoms with Gasteiger partial charge in [-0.3, -0.25) is 19.7 Å². The number of benzene rings is 2. The first kappa shape index (κ1) is 18.5. The molecular formula is C21H14ClN3O6. The van der Waals surface area contributed by atoms with Crippen LogP contribution in [-0.2, 0) is 19.2 Å². The number of carbonyl (C=O) groups excluding carboxylic acids is 2. The third kappa shape index (κ3) is 2.44. The molecule has 6 rings (SSSR count). The number of oxime groups is 1. The van der Waals surface area contributed by atoms with E-state index in [9.17, 15) is 19.7 Å². The van der Waals surface area contributed by atoms with Crippen molar-refractivity contribution in [3.05, 3.63) is 69.2 Å². The van der Waals surface area contributed by atoms with Crippen LogP contribution in [0.4, 0.5) is 11.4 Å². The molecule has 4 aliphatic rings. The van der Waals surface area contributed by atoms with E-state index in [1.165, 1.54) is 17.0 Å². The second kappa shape index (κ2) is 6.35. The van der Waals surface area contributed by atoms with E-state index in [4.69, 9.17) is 21.2 Å². The fourth-order valence-corrected chi connectivity index (χ4v) is 5.35. The third-order valence-electron chi connectivity index (χ3n) is 6.48. The van der Waals surface area contributed by atoms with Crippen LogP contribution in [0.3, 0.4) is 0 Å². The van der Waals surface area contributed by atoms with E-state index in [1.807, 2.05) is 0 Å². The van der Waals surface area contributed by atoms with Crippen molar-refractivity contribution in [1.82, 2.24) is 0 Å². The Morgan fingerprint density at radius 3 is 2.39 bits per heavy atom. The molecular weight excluding hydrogens is 426 g/mol. The largest absolute Gasteiger partial charge is 0.389 e. The van der Waals surface area contributed by atoms with Gasteiger partial charge in [0.2, 0.25) is 11.8 Å². The van der Waals surface area contributed by atoms with E-state index >= 15 is 0 Å². The van der Waals surface area contributed by atoms with Crippen molar-refractivity contribution in [2.24, 2.45) is 22.9 Å². The number of non-ortho nitro benzene ring substituents is 1. The quantitative estimate of drug-likeness (QED) is 0.413. The van der Waals surface area contributed by atoms with Crippen molar-refractivity contribution in [1.29, 1.82) is 0 Å². The first-order chi connectivity index (χ1) is 15.0. The Morgan fingerprint density at radius 2 is 1.68 bits per heavy atom. The summed E-state index contributed by atoms with van der Waals surface area (Å²) in [5.41, 5.74) is 1.45. The lowest BCUT2D eigenvalue weighted by molar-refractivity contribution is -0.384. The summed E-state index contributed by atoms with van der Waals surface area (Å²) in [6.07, 6.45) is -1.70. The Balaban J connectivity index is 1.34. The Bertz CT molecular complexity index is 1180. The fourth-order valence-electron chi connectivity index (χ4n) is 5.22. The van der Waals surface area contributed by atoms with E-state index in [0.29, 0.717) is 22.0 Å².